The highest BCUT2D eigenvalue weighted by molar-refractivity contribution is 6.44. The maximum Gasteiger partial charge on any atom is 0.265 e. The van der Waals surface area contributed by atoms with Gasteiger partial charge in [-0.2, -0.15) is 0 Å². The quantitative estimate of drug-likeness (QED) is 0.811. The zero-order chi connectivity index (χ0) is 16.8. The van der Waals surface area contributed by atoms with Crippen molar-refractivity contribution in [2.24, 2.45) is 0 Å². The molecule has 0 saturated carbocycles. The molecule has 2 rings (SSSR count). The summed E-state index contributed by atoms with van der Waals surface area (Å²) < 4.78 is 11.0. The van der Waals surface area contributed by atoms with Crippen molar-refractivity contribution in [3.63, 3.8) is 0 Å². The van der Waals surface area contributed by atoms with Crippen molar-refractivity contribution in [2.75, 3.05) is 12.4 Å². The number of hydrogen-bond acceptors (Lipinski definition) is 3. The van der Waals surface area contributed by atoms with Crippen LogP contribution in [0.4, 0.5) is 5.69 Å². The molecule has 0 spiro atoms. The molecule has 122 valence electrons. The molecular formula is C17H17Cl2NO3. The second-order valence-corrected chi connectivity index (χ2v) is 5.54. The summed E-state index contributed by atoms with van der Waals surface area (Å²) in [5, 5.41) is 3.42. The zero-order valence-corrected chi connectivity index (χ0v) is 14.3. The summed E-state index contributed by atoms with van der Waals surface area (Å²) >= 11 is 12.0. The molecule has 6 heteroatoms. The van der Waals surface area contributed by atoms with Crippen molar-refractivity contribution < 1.29 is 14.3 Å². The molecule has 2 aromatic rings. The van der Waals surface area contributed by atoms with Gasteiger partial charge in [0, 0.05) is 0 Å². The van der Waals surface area contributed by atoms with Crippen LogP contribution < -0.4 is 14.8 Å². The minimum atomic E-state index is -0.679. The topological polar surface area (TPSA) is 47.6 Å². The molecule has 0 radical (unpaired) electrons. The Labute approximate surface area is 145 Å². The first kappa shape index (κ1) is 17.4. The number of para-hydroxylation sites is 2. The van der Waals surface area contributed by atoms with Crippen LogP contribution in [0.2, 0.25) is 10.0 Å². The molecule has 23 heavy (non-hydrogen) atoms. The largest absolute Gasteiger partial charge is 0.493 e. The molecule has 0 aliphatic heterocycles. The number of hydrogen-bond donors (Lipinski definition) is 1. The molecule has 1 amide bonds. The average molecular weight is 354 g/mol. The summed E-state index contributed by atoms with van der Waals surface area (Å²) in [7, 11) is 1.55. The minimum absolute atomic E-state index is 0.301. The van der Waals surface area contributed by atoms with Gasteiger partial charge in [0.25, 0.3) is 5.91 Å². The Morgan fingerprint density at radius 2 is 1.83 bits per heavy atom. The van der Waals surface area contributed by atoms with E-state index < -0.39 is 6.10 Å². The van der Waals surface area contributed by atoms with Crippen LogP contribution in [0, 0.1) is 0 Å². The Bertz CT molecular complexity index is 691. The van der Waals surface area contributed by atoms with Gasteiger partial charge in [0.1, 0.15) is 0 Å². The number of halogens is 2. The molecule has 0 aliphatic rings. The highest BCUT2D eigenvalue weighted by Gasteiger charge is 2.21. The molecule has 1 N–H and O–H groups in total. The van der Waals surface area contributed by atoms with Gasteiger partial charge >= 0.3 is 0 Å². The first-order valence-corrected chi connectivity index (χ1v) is 7.87. The zero-order valence-electron chi connectivity index (χ0n) is 12.8. The Morgan fingerprint density at radius 1 is 1.13 bits per heavy atom. The van der Waals surface area contributed by atoms with E-state index in [1.54, 1.807) is 37.4 Å². The summed E-state index contributed by atoms with van der Waals surface area (Å²) in [4.78, 5) is 12.4. The van der Waals surface area contributed by atoms with Gasteiger partial charge in [-0.1, -0.05) is 48.3 Å². The Kier molecular flexibility index (Phi) is 6.13. The highest BCUT2D eigenvalue weighted by Crippen LogP contribution is 2.31. The van der Waals surface area contributed by atoms with Crippen LogP contribution in [0.3, 0.4) is 0 Å². The van der Waals surface area contributed by atoms with E-state index in [1.165, 1.54) is 0 Å². The monoisotopic (exact) mass is 353 g/mol. The van der Waals surface area contributed by atoms with Crippen LogP contribution in [0.15, 0.2) is 42.5 Å². The van der Waals surface area contributed by atoms with E-state index in [-0.39, 0.29) is 5.91 Å². The van der Waals surface area contributed by atoms with E-state index in [4.69, 9.17) is 32.7 Å². The SMILES string of the molecule is CC[C@H](Oc1ccccc1OC)C(=O)Nc1cccc(Cl)c1Cl. The smallest absolute Gasteiger partial charge is 0.265 e. The maximum absolute atomic E-state index is 12.4. The van der Waals surface area contributed by atoms with Gasteiger partial charge in [-0.15, -0.1) is 0 Å². The summed E-state index contributed by atoms with van der Waals surface area (Å²) in [6.45, 7) is 1.86. The van der Waals surface area contributed by atoms with Crippen LogP contribution in [0.5, 0.6) is 11.5 Å². The number of ether oxygens (including phenoxy) is 2. The lowest BCUT2D eigenvalue weighted by Gasteiger charge is -2.19. The Hall–Kier alpha value is -1.91. The lowest BCUT2D eigenvalue weighted by Crippen LogP contribution is -2.32. The lowest BCUT2D eigenvalue weighted by atomic mass is 10.2. The van der Waals surface area contributed by atoms with E-state index in [1.807, 2.05) is 19.1 Å². The second kappa shape index (κ2) is 8.09. The number of carbonyl (C=O) groups excluding carboxylic acids is 1. The van der Waals surface area contributed by atoms with E-state index >= 15 is 0 Å². The van der Waals surface area contributed by atoms with Crippen LogP contribution >= 0.6 is 23.2 Å². The predicted molar refractivity (Wildman–Crippen MR) is 92.8 cm³/mol. The van der Waals surface area contributed by atoms with Crippen LogP contribution in [0.25, 0.3) is 0 Å². The molecule has 0 aliphatic carbocycles. The standard InChI is InChI=1S/C17H17Cl2NO3/c1-3-13(23-15-10-5-4-9-14(15)22-2)17(21)20-12-8-6-7-11(18)16(12)19/h4-10,13H,3H2,1-2H3,(H,20,21)/t13-/m0/s1. The van der Waals surface area contributed by atoms with Gasteiger partial charge in [0.05, 0.1) is 22.8 Å². The fourth-order valence-corrected chi connectivity index (χ4v) is 2.35. The first-order chi connectivity index (χ1) is 11.1. The first-order valence-electron chi connectivity index (χ1n) is 7.11. The molecule has 0 fully saturated rings. The number of rotatable bonds is 6. The van der Waals surface area contributed by atoms with E-state index in [0.29, 0.717) is 33.7 Å². The molecule has 0 heterocycles. The van der Waals surface area contributed by atoms with Crippen LogP contribution in [-0.4, -0.2) is 19.1 Å². The van der Waals surface area contributed by atoms with Gasteiger partial charge in [-0.05, 0) is 30.7 Å². The maximum atomic E-state index is 12.4. The molecule has 0 saturated heterocycles. The molecule has 4 nitrogen and oxygen atoms in total. The van der Waals surface area contributed by atoms with Crippen LogP contribution in [-0.2, 0) is 4.79 Å². The minimum Gasteiger partial charge on any atom is -0.493 e. The third-order valence-corrected chi connectivity index (χ3v) is 4.03. The number of nitrogens with one attached hydrogen (secondary N) is 1. The summed E-state index contributed by atoms with van der Waals surface area (Å²) in [6.07, 6.45) is -0.191. The lowest BCUT2D eigenvalue weighted by molar-refractivity contribution is -0.122. The second-order valence-electron chi connectivity index (χ2n) is 4.76. The van der Waals surface area contributed by atoms with Crippen molar-refractivity contribution >= 4 is 34.8 Å². The molecular weight excluding hydrogens is 337 g/mol. The van der Waals surface area contributed by atoms with E-state index in [9.17, 15) is 4.79 Å². The normalized spacial score (nSPS) is 11.7. The van der Waals surface area contributed by atoms with Crippen molar-refractivity contribution in [1.29, 1.82) is 0 Å². The highest BCUT2D eigenvalue weighted by atomic mass is 35.5. The summed E-state index contributed by atoms with van der Waals surface area (Å²) in [6, 6.07) is 12.2. The number of anilines is 1. The van der Waals surface area contributed by atoms with Crippen LogP contribution in [0.1, 0.15) is 13.3 Å². The molecule has 1 atom stereocenters. The molecule has 0 bridgehead atoms. The average Bonchev–Trinajstić information content (AvgIpc) is 2.57. The fraction of sp³-hybridized carbons (Fsp3) is 0.235. The predicted octanol–water partition coefficient (Wildman–Crippen LogP) is 4.80. The fourth-order valence-electron chi connectivity index (χ4n) is 2.01. The van der Waals surface area contributed by atoms with Crippen molar-refractivity contribution in [1.82, 2.24) is 0 Å². The Balaban J connectivity index is 2.14. The molecule has 0 unspecified atom stereocenters. The molecule has 0 aromatic heterocycles. The summed E-state index contributed by atoms with van der Waals surface area (Å²) in [5.74, 6) is 0.774. The van der Waals surface area contributed by atoms with Crippen molar-refractivity contribution in [3.8, 4) is 11.5 Å². The van der Waals surface area contributed by atoms with Gasteiger partial charge in [0.2, 0.25) is 0 Å². The van der Waals surface area contributed by atoms with Crippen molar-refractivity contribution in [3.05, 3.63) is 52.5 Å². The third-order valence-electron chi connectivity index (χ3n) is 3.21. The van der Waals surface area contributed by atoms with Gasteiger partial charge in [-0.25, -0.2) is 0 Å². The number of carbonyl (C=O) groups is 1. The van der Waals surface area contributed by atoms with Gasteiger partial charge in [0.15, 0.2) is 17.6 Å². The molecule has 2 aromatic carbocycles. The number of amides is 1. The van der Waals surface area contributed by atoms with Gasteiger partial charge in [-0.3, -0.25) is 4.79 Å². The third kappa shape index (κ3) is 4.30. The number of methoxy groups -OCH3 is 1. The van der Waals surface area contributed by atoms with E-state index in [2.05, 4.69) is 5.32 Å². The number of benzene rings is 2. The summed E-state index contributed by atoms with van der Waals surface area (Å²) in [5.41, 5.74) is 0.450. The van der Waals surface area contributed by atoms with E-state index in [0.717, 1.165) is 0 Å². The van der Waals surface area contributed by atoms with Gasteiger partial charge < -0.3 is 14.8 Å². The van der Waals surface area contributed by atoms with Crippen molar-refractivity contribution in [2.45, 2.75) is 19.4 Å². The Morgan fingerprint density at radius 3 is 2.48 bits per heavy atom.